The van der Waals surface area contributed by atoms with Gasteiger partial charge in [0.1, 0.15) is 11.5 Å². The summed E-state index contributed by atoms with van der Waals surface area (Å²) in [6.07, 6.45) is 3.94. The largest absolute Gasteiger partial charge is 0.507 e. The van der Waals surface area contributed by atoms with Crippen molar-refractivity contribution >= 4 is 28.3 Å². The van der Waals surface area contributed by atoms with E-state index in [4.69, 9.17) is 16.3 Å². The molecule has 2 aliphatic rings. The standard InChI is InChI=1S/C19H15ClO3/c1-3-15(21)23-19-11-5-4-9(2)6-12(11)18(22)16-10-7-13(17(16)19)14(20)8-10/h3-6,8,10,13,22H,1,7H2,2H3. The number of esters is 1. The van der Waals surface area contributed by atoms with E-state index in [0.29, 0.717) is 11.1 Å². The molecule has 4 heteroatoms. The van der Waals surface area contributed by atoms with Crippen LogP contribution in [-0.4, -0.2) is 11.1 Å². The van der Waals surface area contributed by atoms with Gasteiger partial charge in [0.05, 0.1) is 0 Å². The number of halogens is 1. The van der Waals surface area contributed by atoms with Gasteiger partial charge in [-0.25, -0.2) is 4.79 Å². The smallest absolute Gasteiger partial charge is 0.335 e. The minimum atomic E-state index is -0.511. The van der Waals surface area contributed by atoms with Gasteiger partial charge in [0.2, 0.25) is 0 Å². The second kappa shape index (κ2) is 4.87. The molecule has 0 fully saturated rings. The van der Waals surface area contributed by atoms with Gasteiger partial charge in [-0.3, -0.25) is 0 Å². The molecule has 23 heavy (non-hydrogen) atoms. The van der Waals surface area contributed by atoms with Crippen LogP contribution in [0.1, 0.15) is 34.9 Å². The second-order valence-electron chi connectivity index (χ2n) is 6.13. The Labute approximate surface area is 138 Å². The van der Waals surface area contributed by atoms with Gasteiger partial charge < -0.3 is 9.84 Å². The molecule has 4 rings (SSSR count). The molecule has 0 saturated heterocycles. The van der Waals surface area contributed by atoms with Crippen LogP contribution in [-0.2, 0) is 4.79 Å². The lowest BCUT2D eigenvalue weighted by molar-refractivity contribution is -0.128. The molecule has 2 bridgehead atoms. The highest BCUT2D eigenvalue weighted by Crippen LogP contribution is 2.61. The van der Waals surface area contributed by atoms with Crippen molar-refractivity contribution in [3.63, 3.8) is 0 Å². The number of hydrogen-bond donors (Lipinski definition) is 1. The van der Waals surface area contributed by atoms with Gasteiger partial charge in [-0.15, -0.1) is 0 Å². The fourth-order valence-corrected chi connectivity index (χ4v) is 4.12. The molecule has 2 unspecified atom stereocenters. The normalized spacial score (nSPS) is 21.2. The molecule has 2 aliphatic carbocycles. The van der Waals surface area contributed by atoms with Crippen LogP contribution >= 0.6 is 11.6 Å². The topological polar surface area (TPSA) is 46.5 Å². The van der Waals surface area contributed by atoms with E-state index >= 15 is 0 Å². The van der Waals surface area contributed by atoms with Crippen LogP contribution in [0.3, 0.4) is 0 Å². The third kappa shape index (κ3) is 1.93. The van der Waals surface area contributed by atoms with Gasteiger partial charge in [0, 0.05) is 44.8 Å². The Morgan fingerprint density at radius 3 is 2.91 bits per heavy atom. The lowest BCUT2D eigenvalue weighted by Crippen LogP contribution is -2.09. The Hall–Kier alpha value is -2.26. The monoisotopic (exact) mass is 326 g/mol. The van der Waals surface area contributed by atoms with Crippen LogP contribution in [0.4, 0.5) is 0 Å². The van der Waals surface area contributed by atoms with E-state index in [2.05, 4.69) is 6.58 Å². The van der Waals surface area contributed by atoms with E-state index in [9.17, 15) is 9.90 Å². The molecule has 0 aromatic heterocycles. The van der Waals surface area contributed by atoms with Crippen LogP contribution in [0.15, 0.2) is 42.0 Å². The first-order chi connectivity index (χ1) is 11.0. The number of allylic oxidation sites excluding steroid dienone is 2. The van der Waals surface area contributed by atoms with Gasteiger partial charge >= 0.3 is 5.97 Å². The second-order valence-corrected chi connectivity index (χ2v) is 6.56. The van der Waals surface area contributed by atoms with Gasteiger partial charge in [-0.1, -0.05) is 42.0 Å². The Balaban J connectivity index is 2.08. The number of benzene rings is 2. The molecule has 0 radical (unpaired) electrons. The molecule has 0 heterocycles. The highest BCUT2D eigenvalue weighted by atomic mass is 35.5. The minimum absolute atomic E-state index is 0.0131. The van der Waals surface area contributed by atoms with Gasteiger partial charge in [-0.2, -0.15) is 0 Å². The number of ether oxygens (including phenoxy) is 1. The van der Waals surface area contributed by atoms with Crippen LogP contribution in [0, 0.1) is 6.92 Å². The van der Waals surface area contributed by atoms with Crippen LogP contribution in [0.2, 0.25) is 0 Å². The molecule has 0 amide bonds. The van der Waals surface area contributed by atoms with Crippen LogP contribution in [0.25, 0.3) is 10.8 Å². The number of carbonyl (C=O) groups excluding carboxylic acids is 1. The van der Waals surface area contributed by atoms with Crippen molar-refractivity contribution in [2.24, 2.45) is 0 Å². The maximum atomic E-state index is 11.8. The third-order valence-electron chi connectivity index (χ3n) is 4.74. The number of aromatic hydroxyl groups is 1. The summed E-state index contributed by atoms with van der Waals surface area (Å²) >= 11 is 6.33. The van der Waals surface area contributed by atoms with E-state index < -0.39 is 5.97 Å². The summed E-state index contributed by atoms with van der Waals surface area (Å²) in [5.74, 6) is 0.318. The number of phenols is 1. The number of fused-ring (bicyclic) bond motifs is 6. The lowest BCUT2D eigenvalue weighted by atomic mass is 9.90. The molecule has 0 saturated carbocycles. The Morgan fingerprint density at radius 2 is 2.17 bits per heavy atom. The SMILES string of the molecule is C=CC(=O)Oc1c2c(c(O)c3cc(C)ccc13)C1C=C(Cl)C2C1. The van der Waals surface area contributed by atoms with E-state index in [1.54, 1.807) is 0 Å². The van der Waals surface area contributed by atoms with E-state index in [1.165, 1.54) is 0 Å². The Morgan fingerprint density at radius 1 is 1.39 bits per heavy atom. The fraction of sp³-hybridized carbons (Fsp3) is 0.211. The summed E-state index contributed by atoms with van der Waals surface area (Å²) in [6, 6.07) is 5.72. The molecular weight excluding hydrogens is 312 g/mol. The Bertz CT molecular complexity index is 911. The average Bonchev–Trinajstić information content (AvgIpc) is 3.08. The van der Waals surface area contributed by atoms with Gasteiger partial charge in [0.25, 0.3) is 0 Å². The highest BCUT2D eigenvalue weighted by Gasteiger charge is 2.43. The summed E-state index contributed by atoms with van der Waals surface area (Å²) in [6.45, 7) is 5.43. The zero-order valence-electron chi connectivity index (χ0n) is 12.6. The minimum Gasteiger partial charge on any atom is -0.507 e. The molecule has 0 spiro atoms. The third-order valence-corrected chi connectivity index (χ3v) is 5.13. The van der Waals surface area contributed by atoms with Crippen molar-refractivity contribution in [3.05, 3.63) is 58.7 Å². The molecule has 2 atom stereocenters. The van der Waals surface area contributed by atoms with Crippen LogP contribution in [0.5, 0.6) is 11.5 Å². The van der Waals surface area contributed by atoms with Crippen molar-refractivity contribution in [1.82, 2.24) is 0 Å². The summed E-state index contributed by atoms with van der Waals surface area (Å²) in [4.78, 5) is 11.8. The number of rotatable bonds is 2. The molecular formula is C19H15ClO3. The molecule has 3 nitrogen and oxygen atoms in total. The highest BCUT2D eigenvalue weighted by molar-refractivity contribution is 6.31. The Kier molecular flexibility index (Phi) is 3.03. The predicted molar refractivity (Wildman–Crippen MR) is 90.2 cm³/mol. The number of carbonyl (C=O) groups is 1. The summed E-state index contributed by atoms with van der Waals surface area (Å²) in [5.41, 5.74) is 2.71. The predicted octanol–water partition coefficient (Wildman–Crippen LogP) is 4.65. The first-order valence-corrected chi connectivity index (χ1v) is 7.89. The number of aryl methyl sites for hydroxylation is 1. The maximum Gasteiger partial charge on any atom is 0.335 e. The molecule has 1 N–H and O–H groups in total. The number of phenolic OH excluding ortho intramolecular Hbond substituents is 1. The molecule has 0 aliphatic heterocycles. The first kappa shape index (κ1) is 14.3. The quantitative estimate of drug-likeness (QED) is 0.496. The van der Waals surface area contributed by atoms with Crippen molar-refractivity contribution in [3.8, 4) is 11.5 Å². The summed E-state index contributed by atoms with van der Waals surface area (Å²) in [5, 5.41) is 13.0. The fourth-order valence-electron chi connectivity index (χ4n) is 3.77. The van der Waals surface area contributed by atoms with E-state index in [0.717, 1.165) is 39.6 Å². The van der Waals surface area contributed by atoms with Crippen molar-refractivity contribution in [2.45, 2.75) is 25.2 Å². The van der Waals surface area contributed by atoms with Gasteiger partial charge in [-0.05, 0) is 19.4 Å². The van der Waals surface area contributed by atoms with Crippen molar-refractivity contribution < 1.29 is 14.6 Å². The zero-order valence-corrected chi connectivity index (χ0v) is 13.4. The number of hydrogen-bond acceptors (Lipinski definition) is 3. The molecule has 116 valence electrons. The van der Waals surface area contributed by atoms with Gasteiger partial charge in [0.15, 0.2) is 0 Å². The lowest BCUT2D eigenvalue weighted by Gasteiger charge is -2.21. The van der Waals surface area contributed by atoms with Crippen LogP contribution < -0.4 is 4.74 Å². The van der Waals surface area contributed by atoms with E-state index in [1.807, 2.05) is 31.2 Å². The molecule has 2 aromatic rings. The maximum absolute atomic E-state index is 11.8. The molecule has 2 aromatic carbocycles. The first-order valence-electron chi connectivity index (χ1n) is 7.51. The van der Waals surface area contributed by atoms with Crippen molar-refractivity contribution in [1.29, 1.82) is 0 Å². The van der Waals surface area contributed by atoms with E-state index in [-0.39, 0.29) is 17.6 Å². The zero-order chi connectivity index (χ0) is 16.3. The summed E-state index contributed by atoms with van der Waals surface area (Å²) in [7, 11) is 0. The summed E-state index contributed by atoms with van der Waals surface area (Å²) < 4.78 is 5.56. The average molecular weight is 327 g/mol. The van der Waals surface area contributed by atoms with Crippen molar-refractivity contribution in [2.75, 3.05) is 0 Å².